The molecule has 33 heavy (non-hydrogen) atoms. The molecule has 3 atom stereocenters. The lowest BCUT2D eigenvalue weighted by Gasteiger charge is -2.19. The van der Waals surface area contributed by atoms with Gasteiger partial charge in [-0.05, 0) is 48.2 Å². The number of thioether (sulfide) groups is 1. The van der Waals surface area contributed by atoms with Crippen molar-refractivity contribution < 1.29 is 14.3 Å². The Bertz CT molecular complexity index is 1220. The second-order valence-corrected chi connectivity index (χ2v) is 10.7. The number of thiophene rings is 1. The molecule has 0 radical (unpaired) electrons. The van der Waals surface area contributed by atoms with Crippen molar-refractivity contribution >= 4 is 63.2 Å². The summed E-state index contributed by atoms with van der Waals surface area (Å²) in [6.07, 6.45) is 5.59. The van der Waals surface area contributed by atoms with Crippen LogP contribution in [0.25, 0.3) is 10.4 Å². The van der Waals surface area contributed by atoms with E-state index in [1.54, 1.807) is 24.8 Å². The maximum absolute atomic E-state index is 12.4. The second kappa shape index (κ2) is 9.18. The monoisotopic (exact) mass is 519 g/mol. The lowest BCUT2D eigenvalue weighted by molar-refractivity contribution is -0.116. The first-order valence-electron chi connectivity index (χ1n) is 10.3. The van der Waals surface area contributed by atoms with Crippen molar-refractivity contribution in [2.24, 2.45) is 4.99 Å². The van der Waals surface area contributed by atoms with Crippen LogP contribution in [-0.4, -0.2) is 45.9 Å². The zero-order valence-corrected chi connectivity index (χ0v) is 20.6. The highest BCUT2D eigenvalue weighted by Crippen LogP contribution is 2.41. The predicted octanol–water partition coefficient (Wildman–Crippen LogP) is 5.07. The molecule has 3 aliphatic rings. The number of carbonyl (C=O) groups excluding carboxylic acids is 2. The number of ketones is 1. The first-order chi connectivity index (χ1) is 15.9. The molecule has 2 aromatic rings. The number of ether oxygens (including phenoxy) is 1. The molecule has 10 heteroatoms. The molecule has 1 aromatic carbocycles. The molecule has 3 unspecified atom stereocenters. The van der Waals surface area contributed by atoms with E-state index in [0.717, 1.165) is 16.0 Å². The van der Waals surface area contributed by atoms with Crippen LogP contribution >= 0.6 is 46.3 Å². The van der Waals surface area contributed by atoms with Crippen LogP contribution in [0.1, 0.15) is 22.2 Å². The van der Waals surface area contributed by atoms with Crippen LogP contribution in [0.15, 0.2) is 53.0 Å². The van der Waals surface area contributed by atoms with Gasteiger partial charge in [0.25, 0.3) is 0 Å². The minimum absolute atomic E-state index is 0.0431. The lowest BCUT2D eigenvalue weighted by atomic mass is 10.1. The topological polar surface area (TPSA) is 71.0 Å². The van der Waals surface area contributed by atoms with E-state index in [1.165, 1.54) is 17.4 Å². The molecule has 1 amide bonds. The number of fused-ring (bicyclic) bond motifs is 2. The number of rotatable bonds is 6. The third-order valence-corrected chi connectivity index (χ3v) is 8.22. The van der Waals surface area contributed by atoms with Gasteiger partial charge in [0.05, 0.1) is 16.4 Å². The quantitative estimate of drug-likeness (QED) is 0.426. The van der Waals surface area contributed by atoms with Crippen LogP contribution in [-0.2, 0) is 11.2 Å². The molecular formula is C23H19Cl2N3O3S2. The van der Waals surface area contributed by atoms with Crippen LogP contribution in [0.2, 0.25) is 5.02 Å². The van der Waals surface area contributed by atoms with E-state index >= 15 is 0 Å². The Balaban J connectivity index is 1.19. The molecule has 1 N–H and O–H groups in total. The van der Waals surface area contributed by atoms with Gasteiger partial charge in [0.15, 0.2) is 11.3 Å². The molecule has 0 aliphatic carbocycles. The summed E-state index contributed by atoms with van der Waals surface area (Å²) >= 11 is 15.7. The first kappa shape index (κ1) is 22.5. The van der Waals surface area contributed by atoms with Crippen molar-refractivity contribution in [1.82, 2.24) is 10.2 Å². The van der Waals surface area contributed by atoms with Gasteiger partial charge in [0, 0.05) is 29.1 Å². The van der Waals surface area contributed by atoms with E-state index in [0.29, 0.717) is 33.8 Å². The zero-order chi connectivity index (χ0) is 23.1. The van der Waals surface area contributed by atoms with Gasteiger partial charge in [-0.1, -0.05) is 35.0 Å². The molecule has 0 fully saturated rings. The SMILES string of the molecule is CC(=O)c1ccc(-c2cc(Cl)c3c(c2)CC(CNC(=O)C=CC2C(Cl)=NC4SC=CN42)O3)s1. The summed E-state index contributed by atoms with van der Waals surface area (Å²) in [7, 11) is 0. The number of amides is 1. The van der Waals surface area contributed by atoms with E-state index in [-0.39, 0.29) is 29.3 Å². The Morgan fingerprint density at radius 1 is 1.33 bits per heavy atom. The molecule has 0 bridgehead atoms. The van der Waals surface area contributed by atoms with Crippen LogP contribution in [0, 0.1) is 0 Å². The summed E-state index contributed by atoms with van der Waals surface area (Å²) in [5.74, 6) is 0.474. The smallest absolute Gasteiger partial charge is 0.243 e. The van der Waals surface area contributed by atoms with Gasteiger partial charge in [0.1, 0.15) is 23.1 Å². The van der Waals surface area contributed by atoms with E-state index < -0.39 is 0 Å². The normalized spacial score (nSPS) is 22.9. The Hall–Kier alpha value is -2.26. The summed E-state index contributed by atoms with van der Waals surface area (Å²) in [5, 5.41) is 5.85. The minimum Gasteiger partial charge on any atom is -0.486 e. The molecule has 4 heterocycles. The van der Waals surface area contributed by atoms with E-state index in [2.05, 4.69) is 10.3 Å². The number of halogens is 2. The van der Waals surface area contributed by atoms with Crippen molar-refractivity contribution in [3.63, 3.8) is 0 Å². The standard InChI is InChI=1S/C23H19Cl2N3O3S2/c1-12(29)18-3-4-19(33-18)13-8-14-9-15(31-21(14)16(24)10-13)11-26-20(30)5-2-17-22(25)27-23-28(17)6-7-32-23/h2-8,10,15,17,23H,9,11H2,1H3,(H,26,30). The van der Waals surface area contributed by atoms with Crippen molar-refractivity contribution in [2.75, 3.05) is 6.54 Å². The van der Waals surface area contributed by atoms with Crippen LogP contribution in [0.3, 0.4) is 0 Å². The maximum Gasteiger partial charge on any atom is 0.243 e. The highest BCUT2D eigenvalue weighted by atomic mass is 35.5. The number of carbonyl (C=O) groups is 2. The third-order valence-electron chi connectivity index (χ3n) is 5.51. The number of aliphatic imine (C=N–C) groups is 1. The second-order valence-electron chi connectivity index (χ2n) is 7.81. The van der Waals surface area contributed by atoms with Gasteiger partial charge < -0.3 is 15.0 Å². The molecule has 0 saturated heterocycles. The highest BCUT2D eigenvalue weighted by molar-refractivity contribution is 8.02. The predicted molar refractivity (Wildman–Crippen MR) is 134 cm³/mol. The van der Waals surface area contributed by atoms with Crippen molar-refractivity contribution in [3.8, 4) is 16.2 Å². The average Bonchev–Trinajstić information content (AvgIpc) is 3.54. The number of Topliss-reactive ketones (excluding diaryl/α,β-unsaturated/α-hetero) is 1. The third kappa shape index (κ3) is 4.57. The van der Waals surface area contributed by atoms with Gasteiger partial charge >= 0.3 is 0 Å². The average molecular weight is 520 g/mol. The van der Waals surface area contributed by atoms with E-state index in [4.69, 9.17) is 27.9 Å². The first-order valence-corrected chi connectivity index (χ1v) is 12.8. The summed E-state index contributed by atoms with van der Waals surface area (Å²) < 4.78 is 5.99. The number of nitrogens with zero attached hydrogens (tertiary/aromatic N) is 2. The van der Waals surface area contributed by atoms with Gasteiger partial charge in [-0.2, -0.15) is 0 Å². The number of hydrogen-bond acceptors (Lipinski definition) is 7. The molecule has 5 rings (SSSR count). The molecule has 6 nitrogen and oxygen atoms in total. The Kier molecular flexibility index (Phi) is 6.26. The van der Waals surface area contributed by atoms with Gasteiger partial charge in [0.2, 0.25) is 5.91 Å². The van der Waals surface area contributed by atoms with Crippen LogP contribution < -0.4 is 10.1 Å². The molecule has 3 aliphatic heterocycles. The maximum atomic E-state index is 12.4. The lowest BCUT2D eigenvalue weighted by Crippen LogP contribution is -2.34. The van der Waals surface area contributed by atoms with Gasteiger partial charge in [-0.15, -0.1) is 11.3 Å². The fourth-order valence-corrected chi connectivity index (χ4v) is 6.28. The summed E-state index contributed by atoms with van der Waals surface area (Å²) in [5.41, 5.74) is 1.90. The fourth-order valence-electron chi connectivity index (χ4n) is 3.91. The zero-order valence-electron chi connectivity index (χ0n) is 17.5. The number of benzene rings is 1. The molecular weight excluding hydrogens is 501 g/mol. The summed E-state index contributed by atoms with van der Waals surface area (Å²) in [6.45, 7) is 1.91. The van der Waals surface area contributed by atoms with Crippen LogP contribution in [0.5, 0.6) is 5.75 Å². The van der Waals surface area contributed by atoms with Gasteiger partial charge in [-0.3, -0.25) is 9.59 Å². The van der Waals surface area contributed by atoms with Crippen molar-refractivity contribution in [1.29, 1.82) is 0 Å². The Morgan fingerprint density at radius 2 is 2.18 bits per heavy atom. The molecule has 0 saturated carbocycles. The largest absolute Gasteiger partial charge is 0.486 e. The molecule has 0 spiro atoms. The Labute approximate surface area is 209 Å². The van der Waals surface area contributed by atoms with Crippen molar-refractivity contribution in [2.45, 2.75) is 31.0 Å². The Morgan fingerprint density at radius 3 is 2.97 bits per heavy atom. The van der Waals surface area contributed by atoms with Crippen molar-refractivity contribution in [3.05, 3.63) is 63.5 Å². The number of hydrogen-bond donors (Lipinski definition) is 1. The van der Waals surface area contributed by atoms with Crippen LogP contribution in [0.4, 0.5) is 0 Å². The summed E-state index contributed by atoms with van der Waals surface area (Å²) in [6, 6.07) is 7.43. The minimum atomic E-state index is -0.223. The number of nitrogens with one attached hydrogen (secondary N) is 1. The summed E-state index contributed by atoms with van der Waals surface area (Å²) in [4.78, 5) is 32.0. The molecule has 1 aromatic heterocycles. The van der Waals surface area contributed by atoms with E-state index in [9.17, 15) is 9.59 Å². The fraction of sp³-hybridized carbons (Fsp3) is 0.261. The highest BCUT2D eigenvalue weighted by Gasteiger charge is 2.34. The van der Waals surface area contributed by atoms with Gasteiger partial charge in [-0.25, -0.2) is 4.99 Å². The van der Waals surface area contributed by atoms with E-state index in [1.807, 2.05) is 40.8 Å². The molecule has 170 valence electrons.